The van der Waals surface area contributed by atoms with Gasteiger partial charge in [0, 0.05) is 24.3 Å². The summed E-state index contributed by atoms with van der Waals surface area (Å²) in [5, 5.41) is 4.50. The summed E-state index contributed by atoms with van der Waals surface area (Å²) in [6.45, 7) is 3.68. The minimum absolute atomic E-state index is 0.183. The molecule has 2 aromatic heterocycles. The number of hydrogen-bond acceptors (Lipinski definition) is 4. The molecule has 0 aliphatic heterocycles. The van der Waals surface area contributed by atoms with E-state index in [4.69, 9.17) is 11.6 Å². The number of nitrogens with zero attached hydrogens (tertiary/aromatic N) is 2. The van der Waals surface area contributed by atoms with Crippen LogP contribution in [0.5, 0.6) is 0 Å². The molecule has 0 aliphatic carbocycles. The standard InChI is InChI=1S/C11H13BrClN3O2S2/c1-6(8-5-14-16(3)7(8)2)15-20(17,18)10-4-9(13)11(12)19-10/h4-6,15H,1-3H3. The number of rotatable bonds is 4. The molecular weight excluding hydrogens is 386 g/mol. The summed E-state index contributed by atoms with van der Waals surface area (Å²) in [6, 6.07) is 1.06. The van der Waals surface area contributed by atoms with Crippen LogP contribution >= 0.6 is 38.9 Å². The van der Waals surface area contributed by atoms with E-state index in [1.54, 1.807) is 17.8 Å². The van der Waals surface area contributed by atoms with Gasteiger partial charge in [-0.1, -0.05) is 11.6 Å². The second kappa shape index (κ2) is 5.76. The van der Waals surface area contributed by atoms with Gasteiger partial charge >= 0.3 is 0 Å². The van der Waals surface area contributed by atoms with E-state index >= 15 is 0 Å². The van der Waals surface area contributed by atoms with Gasteiger partial charge in [-0.2, -0.15) is 5.10 Å². The number of nitrogens with one attached hydrogen (secondary N) is 1. The molecule has 5 nitrogen and oxygen atoms in total. The highest BCUT2D eigenvalue weighted by Gasteiger charge is 2.23. The number of aryl methyl sites for hydroxylation is 1. The molecule has 1 unspecified atom stereocenters. The lowest BCUT2D eigenvalue weighted by Crippen LogP contribution is -2.26. The third kappa shape index (κ3) is 3.09. The highest BCUT2D eigenvalue weighted by Crippen LogP contribution is 2.35. The van der Waals surface area contributed by atoms with Crippen LogP contribution in [0, 0.1) is 6.92 Å². The van der Waals surface area contributed by atoms with E-state index in [9.17, 15) is 8.42 Å². The third-order valence-corrected chi connectivity index (χ3v) is 7.45. The molecule has 0 amide bonds. The molecule has 20 heavy (non-hydrogen) atoms. The van der Waals surface area contributed by atoms with Gasteiger partial charge in [-0.15, -0.1) is 11.3 Å². The normalized spacial score (nSPS) is 13.7. The molecule has 9 heteroatoms. The van der Waals surface area contributed by atoms with Gasteiger partial charge in [-0.3, -0.25) is 4.68 Å². The van der Waals surface area contributed by atoms with Gasteiger partial charge in [0.25, 0.3) is 10.0 Å². The van der Waals surface area contributed by atoms with Crippen molar-refractivity contribution in [3.05, 3.63) is 32.3 Å². The van der Waals surface area contributed by atoms with Gasteiger partial charge in [0.2, 0.25) is 0 Å². The Morgan fingerprint density at radius 3 is 2.65 bits per heavy atom. The summed E-state index contributed by atoms with van der Waals surface area (Å²) < 4.78 is 29.7. The van der Waals surface area contributed by atoms with E-state index in [1.807, 2.05) is 14.0 Å². The maximum absolute atomic E-state index is 12.3. The molecule has 110 valence electrons. The summed E-state index contributed by atoms with van der Waals surface area (Å²) in [5.74, 6) is 0. The van der Waals surface area contributed by atoms with E-state index in [-0.39, 0.29) is 10.3 Å². The minimum atomic E-state index is -3.60. The quantitative estimate of drug-likeness (QED) is 0.860. The van der Waals surface area contributed by atoms with Crippen LogP contribution in [0.4, 0.5) is 0 Å². The van der Waals surface area contributed by atoms with Gasteiger partial charge in [-0.05, 0) is 35.8 Å². The zero-order valence-electron chi connectivity index (χ0n) is 11.0. The zero-order chi connectivity index (χ0) is 15.1. The Kier molecular flexibility index (Phi) is 4.60. The summed E-state index contributed by atoms with van der Waals surface area (Å²) in [5.41, 5.74) is 1.77. The fourth-order valence-electron chi connectivity index (χ4n) is 1.75. The van der Waals surface area contributed by atoms with Gasteiger partial charge in [0.15, 0.2) is 0 Å². The number of halogens is 2. The predicted octanol–water partition coefficient (Wildman–Crippen LogP) is 3.25. The van der Waals surface area contributed by atoms with Crippen molar-refractivity contribution >= 4 is 48.9 Å². The van der Waals surface area contributed by atoms with Gasteiger partial charge in [0.05, 0.1) is 15.0 Å². The molecule has 0 saturated carbocycles. The first-order chi connectivity index (χ1) is 9.22. The lowest BCUT2D eigenvalue weighted by molar-refractivity contribution is 0.568. The van der Waals surface area contributed by atoms with Gasteiger partial charge in [-0.25, -0.2) is 13.1 Å². The fourth-order valence-corrected chi connectivity index (χ4v) is 5.39. The molecule has 0 bridgehead atoms. The molecule has 2 heterocycles. The largest absolute Gasteiger partial charge is 0.273 e. The van der Waals surface area contributed by atoms with Crippen LogP contribution in [0.15, 0.2) is 20.3 Å². The van der Waals surface area contributed by atoms with Crippen molar-refractivity contribution in [3.63, 3.8) is 0 Å². The van der Waals surface area contributed by atoms with Crippen LogP contribution in [0.25, 0.3) is 0 Å². The van der Waals surface area contributed by atoms with Gasteiger partial charge in [0.1, 0.15) is 4.21 Å². The van der Waals surface area contributed by atoms with E-state index < -0.39 is 10.0 Å². The van der Waals surface area contributed by atoms with Crippen molar-refractivity contribution in [2.24, 2.45) is 7.05 Å². The van der Waals surface area contributed by atoms with E-state index in [1.165, 1.54) is 6.07 Å². The molecule has 2 aromatic rings. The van der Waals surface area contributed by atoms with E-state index in [0.29, 0.717) is 8.81 Å². The number of aromatic nitrogens is 2. The SMILES string of the molecule is Cc1c(C(C)NS(=O)(=O)c2cc(Cl)c(Br)s2)cnn1C. The molecule has 0 spiro atoms. The molecule has 0 aliphatic rings. The van der Waals surface area contributed by atoms with Crippen LogP contribution in [0.2, 0.25) is 5.02 Å². The third-order valence-electron chi connectivity index (χ3n) is 2.96. The molecule has 0 fully saturated rings. The Hall–Kier alpha value is -0.410. The van der Waals surface area contributed by atoms with Crippen LogP contribution < -0.4 is 4.72 Å². The number of hydrogen-bond donors (Lipinski definition) is 1. The van der Waals surface area contributed by atoms with Crippen molar-refractivity contribution in [2.75, 3.05) is 0 Å². The maximum atomic E-state index is 12.3. The number of sulfonamides is 1. The highest BCUT2D eigenvalue weighted by molar-refractivity contribution is 9.11. The van der Waals surface area contributed by atoms with Crippen molar-refractivity contribution in [3.8, 4) is 0 Å². The summed E-state index contributed by atoms with van der Waals surface area (Å²) in [4.78, 5) is 0. The molecule has 0 saturated heterocycles. The molecule has 0 aromatic carbocycles. The second-order valence-corrected chi connectivity index (χ2v) is 9.06. The predicted molar refractivity (Wildman–Crippen MR) is 83.7 cm³/mol. The van der Waals surface area contributed by atoms with Crippen molar-refractivity contribution < 1.29 is 8.42 Å². The Morgan fingerprint density at radius 1 is 1.55 bits per heavy atom. The maximum Gasteiger partial charge on any atom is 0.250 e. The molecule has 1 atom stereocenters. The highest BCUT2D eigenvalue weighted by atomic mass is 79.9. The summed E-state index contributed by atoms with van der Waals surface area (Å²) in [6.07, 6.45) is 1.67. The van der Waals surface area contributed by atoms with Crippen LogP contribution in [-0.2, 0) is 17.1 Å². The lowest BCUT2D eigenvalue weighted by Gasteiger charge is -2.13. The average Bonchev–Trinajstić information content (AvgIpc) is 2.85. The van der Waals surface area contributed by atoms with Gasteiger partial charge < -0.3 is 0 Å². The second-order valence-electron chi connectivity index (χ2n) is 4.34. The molecule has 1 N–H and O–H groups in total. The monoisotopic (exact) mass is 397 g/mol. The summed E-state index contributed by atoms with van der Waals surface area (Å²) >= 11 is 10.2. The van der Waals surface area contributed by atoms with Crippen molar-refractivity contribution in [1.82, 2.24) is 14.5 Å². The van der Waals surface area contributed by atoms with E-state index in [0.717, 1.165) is 22.6 Å². The van der Waals surface area contributed by atoms with Crippen LogP contribution in [0.1, 0.15) is 24.2 Å². The molecular formula is C11H13BrClN3O2S2. The Bertz CT molecular complexity index is 719. The zero-order valence-corrected chi connectivity index (χ0v) is 15.0. The lowest BCUT2D eigenvalue weighted by atomic mass is 10.1. The Labute approximate surface area is 135 Å². The first kappa shape index (κ1) is 16.0. The van der Waals surface area contributed by atoms with E-state index in [2.05, 4.69) is 25.8 Å². The first-order valence-corrected chi connectivity index (χ1v) is 9.15. The van der Waals surface area contributed by atoms with Crippen molar-refractivity contribution in [1.29, 1.82) is 0 Å². The summed E-state index contributed by atoms with van der Waals surface area (Å²) in [7, 11) is -1.78. The molecule has 0 radical (unpaired) electrons. The topological polar surface area (TPSA) is 64.0 Å². The number of thiophene rings is 1. The Morgan fingerprint density at radius 2 is 2.20 bits per heavy atom. The fraction of sp³-hybridized carbons (Fsp3) is 0.364. The van der Waals surface area contributed by atoms with Crippen LogP contribution in [-0.4, -0.2) is 18.2 Å². The van der Waals surface area contributed by atoms with Crippen LogP contribution in [0.3, 0.4) is 0 Å². The smallest absolute Gasteiger partial charge is 0.250 e. The molecule has 2 rings (SSSR count). The average molecular weight is 399 g/mol. The first-order valence-electron chi connectivity index (χ1n) is 5.68. The van der Waals surface area contributed by atoms with Crippen molar-refractivity contribution in [2.45, 2.75) is 24.1 Å². The Balaban J connectivity index is 2.26. The minimum Gasteiger partial charge on any atom is -0.273 e.